The minimum atomic E-state index is 0.362. The minimum Gasteiger partial charge on any atom is -0.328 e. The first-order valence-electron chi connectivity index (χ1n) is 6.89. The molecule has 1 saturated heterocycles. The van der Waals surface area contributed by atoms with Gasteiger partial charge < -0.3 is 10.6 Å². The van der Waals surface area contributed by atoms with Gasteiger partial charge in [-0.1, -0.05) is 13.8 Å². The molecular weight excluding hydrogens is 198 g/mol. The first-order valence-corrected chi connectivity index (χ1v) is 6.89. The van der Waals surface area contributed by atoms with Gasteiger partial charge >= 0.3 is 0 Å². The van der Waals surface area contributed by atoms with E-state index in [1.165, 1.54) is 45.6 Å². The van der Waals surface area contributed by atoms with E-state index in [9.17, 15) is 0 Å². The zero-order valence-corrected chi connectivity index (χ0v) is 11.3. The van der Waals surface area contributed by atoms with Gasteiger partial charge in [0, 0.05) is 18.6 Å². The largest absolute Gasteiger partial charge is 0.328 e. The molecule has 0 radical (unpaired) electrons. The van der Waals surface area contributed by atoms with E-state index in [-0.39, 0.29) is 0 Å². The first kappa shape index (κ1) is 13.9. The van der Waals surface area contributed by atoms with Gasteiger partial charge in [-0.2, -0.15) is 0 Å². The Hall–Kier alpha value is -0.120. The molecule has 0 aromatic rings. The van der Waals surface area contributed by atoms with Crippen molar-refractivity contribution < 1.29 is 0 Å². The molecule has 0 aliphatic carbocycles. The van der Waals surface area contributed by atoms with Crippen molar-refractivity contribution in [1.29, 1.82) is 0 Å². The molecule has 2 atom stereocenters. The molecule has 96 valence electrons. The Morgan fingerprint density at radius 2 is 2.06 bits per heavy atom. The lowest BCUT2D eigenvalue weighted by Crippen LogP contribution is -2.37. The molecule has 0 spiro atoms. The van der Waals surface area contributed by atoms with Gasteiger partial charge in [-0.05, 0) is 52.4 Å². The molecule has 0 saturated carbocycles. The van der Waals surface area contributed by atoms with E-state index in [1.807, 2.05) is 0 Å². The summed E-state index contributed by atoms with van der Waals surface area (Å²) in [4.78, 5) is 5.19. The maximum Gasteiger partial charge on any atom is 0.0235 e. The van der Waals surface area contributed by atoms with Crippen molar-refractivity contribution in [3.8, 4) is 0 Å². The molecule has 1 heterocycles. The molecule has 0 amide bonds. The summed E-state index contributed by atoms with van der Waals surface area (Å²) in [5, 5.41) is 0. The molecule has 3 heteroatoms. The molecule has 1 fully saturated rings. The van der Waals surface area contributed by atoms with Crippen molar-refractivity contribution in [3.05, 3.63) is 0 Å². The third kappa shape index (κ3) is 4.40. The van der Waals surface area contributed by atoms with Crippen LogP contribution in [0, 0.1) is 0 Å². The fourth-order valence-electron chi connectivity index (χ4n) is 2.69. The first-order chi connectivity index (χ1) is 7.67. The van der Waals surface area contributed by atoms with E-state index in [4.69, 9.17) is 5.73 Å². The van der Waals surface area contributed by atoms with Crippen molar-refractivity contribution in [2.75, 3.05) is 32.7 Å². The van der Waals surface area contributed by atoms with Crippen molar-refractivity contribution in [2.45, 2.75) is 52.1 Å². The average Bonchev–Trinajstić information content (AvgIpc) is 2.68. The van der Waals surface area contributed by atoms with Gasteiger partial charge in [-0.3, -0.25) is 4.90 Å². The van der Waals surface area contributed by atoms with E-state index in [2.05, 4.69) is 30.6 Å². The topological polar surface area (TPSA) is 32.5 Å². The molecule has 0 aromatic carbocycles. The number of hydrogen-bond donors (Lipinski definition) is 1. The monoisotopic (exact) mass is 227 g/mol. The van der Waals surface area contributed by atoms with Gasteiger partial charge in [0.1, 0.15) is 0 Å². The van der Waals surface area contributed by atoms with Gasteiger partial charge in [0.05, 0.1) is 0 Å². The SMILES string of the molecule is CCN(CC)C1CCN(CCCC(C)N)C1. The number of hydrogen-bond acceptors (Lipinski definition) is 3. The zero-order valence-electron chi connectivity index (χ0n) is 11.3. The van der Waals surface area contributed by atoms with Crippen LogP contribution in [-0.4, -0.2) is 54.6 Å². The standard InChI is InChI=1S/C13H29N3/c1-4-16(5-2)13-8-10-15(11-13)9-6-7-12(3)14/h12-13H,4-11,14H2,1-3H3. The average molecular weight is 227 g/mol. The Labute approximate surface area is 101 Å². The highest BCUT2D eigenvalue weighted by Crippen LogP contribution is 2.15. The van der Waals surface area contributed by atoms with Crippen LogP contribution >= 0.6 is 0 Å². The number of nitrogens with zero attached hydrogens (tertiary/aromatic N) is 2. The van der Waals surface area contributed by atoms with Crippen LogP contribution in [0.2, 0.25) is 0 Å². The third-order valence-corrected chi connectivity index (χ3v) is 3.71. The molecule has 16 heavy (non-hydrogen) atoms. The van der Waals surface area contributed by atoms with E-state index in [0.29, 0.717) is 6.04 Å². The molecule has 2 unspecified atom stereocenters. The van der Waals surface area contributed by atoms with Gasteiger partial charge in [-0.15, -0.1) is 0 Å². The van der Waals surface area contributed by atoms with Crippen LogP contribution < -0.4 is 5.73 Å². The highest BCUT2D eigenvalue weighted by atomic mass is 15.2. The molecular formula is C13H29N3. The Morgan fingerprint density at radius 1 is 1.38 bits per heavy atom. The summed E-state index contributed by atoms with van der Waals surface area (Å²) >= 11 is 0. The molecule has 1 rings (SSSR count). The lowest BCUT2D eigenvalue weighted by molar-refractivity contribution is 0.210. The Bertz CT molecular complexity index is 178. The van der Waals surface area contributed by atoms with Crippen molar-refractivity contribution >= 4 is 0 Å². The zero-order chi connectivity index (χ0) is 12.0. The van der Waals surface area contributed by atoms with Gasteiger partial charge in [0.2, 0.25) is 0 Å². The second-order valence-electron chi connectivity index (χ2n) is 5.08. The lowest BCUT2D eigenvalue weighted by atomic mass is 10.2. The highest BCUT2D eigenvalue weighted by Gasteiger charge is 2.25. The van der Waals surface area contributed by atoms with Crippen LogP contribution in [0.1, 0.15) is 40.0 Å². The molecule has 2 N–H and O–H groups in total. The molecule has 1 aliphatic heterocycles. The van der Waals surface area contributed by atoms with Crippen LogP contribution in [0.4, 0.5) is 0 Å². The maximum atomic E-state index is 5.77. The summed E-state index contributed by atoms with van der Waals surface area (Å²) in [6.45, 7) is 12.8. The summed E-state index contributed by atoms with van der Waals surface area (Å²) in [5.41, 5.74) is 5.77. The Kier molecular flexibility index (Phi) is 6.32. The summed E-state index contributed by atoms with van der Waals surface area (Å²) in [6.07, 6.45) is 3.76. The second kappa shape index (κ2) is 7.25. The smallest absolute Gasteiger partial charge is 0.0235 e. The van der Waals surface area contributed by atoms with Crippen molar-refractivity contribution in [1.82, 2.24) is 9.80 Å². The number of likely N-dealkylation sites (N-methyl/N-ethyl adjacent to an activating group) is 1. The lowest BCUT2D eigenvalue weighted by Gasteiger charge is -2.26. The van der Waals surface area contributed by atoms with Gasteiger partial charge in [0.15, 0.2) is 0 Å². The van der Waals surface area contributed by atoms with Crippen LogP contribution in [0.15, 0.2) is 0 Å². The van der Waals surface area contributed by atoms with Gasteiger partial charge in [0.25, 0.3) is 0 Å². The highest BCUT2D eigenvalue weighted by molar-refractivity contribution is 4.82. The maximum absolute atomic E-state index is 5.77. The van der Waals surface area contributed by atoms with Crippen LogP contribution in [0.25, 0.3) is 0 Å². The number of likely N-dealkylation sites (tertiary alicyclic amines) is 1. The van der Waals surface area contributed by atoms with E-state index < -0.39 is 0 Å². The van der Waals surface area contributed by atoms with Gasteiger partial charge in [-0.25, -0.2) is 0 Å². The molecule has 1 aliphatic rings. The number of nitrogens with two attached hydrogens (primary N) is 1. The van der Waals surface area contributed by atoms with E-state index in [0.717, 1.165) is 12.5 Å². The second-order valence-corrected chi connectivity index (χ2v) is 5.08. The summed E-state index contributed by atoms with van der Waals surface area (Å²) < 4.78 is 0. The minimum absolute atomic E-state index is 0.362. The third-order valence-electron chi connectivity index (χ3n) is 3.71. The normalized spacial score (nSPS) is 24.2. The van der Waals surface area contributed by atoms with Crippen molar-refractivity contribution in [2.24, 2.45) is 5.73 Å². The Morgan fingerprint density at radius 3 is 2.62 bits per heavy atom. The van der Waals surface area contributed by atoms with Crippen LogP contribution in [-0.2, 0) is 0 Å². The van der Waals surface area contributed by atoms with Crippen molar-refractivity contribution in [3.63, 3.8) is 0 Å². The fourth-order valence-corrected chi connectivity index (χ4v) is 2.69. The van der Waals surface area contributed by atoms with E-state index in [1.54, 1.807) is 0 Å². The predicted octanol–water partition coefficient (Wildman–Crippen LogP) is 1.53. The molecule has 0 aromatic heterocycles. The summed E-state index contributed by atoms with van der Waals surface area (Å²) in [5.74, 6) is 0. The predicted molar refractivity (Wildman–Crippen MR) is 70.6 cm³/mol. The van der Waals surface area contributed by atoms with Crippen LogP contribution in [0.5, 0.6) is 0 Å². The molecule has 0 bridgehead atoms. The Balaban J connectivity index is 2.19. The van der Waals surface area contributed by atoms with E-state index >= 15 is 0 Å². The quantitative estimate of drug-likeness (QED) is 0.716. The van der Waals surface area contributed by atoms with Crippen LogP contribution in [0.3, 0.4) is 0 Å². The fraction of sp³-hybridized carbons (Fsp3) is 1.00. The number of rotatable bonds is 7. The summed E-state index contributed by atoms with van der Waals surface area (Å²) in [6, 6.07) is 1.16. The summed E-state index contributed by atoms with van der Waals surface area (Å²) in [7, 11) is 0. The molecule has 3 nitrogen and oxygen atoms in total.